The average Bonchev–Trinajstić information content (AvgIpc) is 3.66. The van der Waals surface area contributed by atoms with E-state index in [4.69, 9.17) is 0 Å². The van der Waals surface area contributed by atoms with E-state index < -0.39 is 5.41 Å². The van der Waals surface area contributed by atoms with Crippen molar-refractivity contribution in [3.05, 3.63) is 270 Å². The summed E-state index contributed by atoms with van der Waals surface area (Å²) in [5, 5.41) is 0. The van der Waals surface area contributed by atoms with Crippen molar-refractivity contribution < 1.29 is 0 Å². The molecular weight excluding hydrogens is 882 g/mol. The van der Waals surface area contributed by atoms with Gasteiger partial charge in [-0.25, -0.2) is 0 Å². The fourth-order valence-corrected chi connectivity index (χ4v) is 14.7. The summed E-state index contributed by atoms with van der Waals surface area (Å²) in [7, 11) is 0. The highest BCUT2D eigenvalue weighted by Crippen LogP contribution is 2.63. The zero-order valence-electron chi connectivity index (χ0n) is 41.3. The molecule has 0 amide bonds. The molecule has 348 valence electrons. The van der Waals surface area contributed by atoms with Crippen LogP contribution in [0.25, 0.3) is 22.3 Å². The number of para-hydroxylation sites is 1. The van der Waals surface area contributed by atoms with Crippen molar-refractivity contribution in [2.24, 2.45) is 0 Å². The Hall–Kier alpha value is -8.34. The first-order valence-electron chi connectivity index (χ1n) is 26.3. The molecule has 73 heavy (non-hydrogen) atoms. The minimum atomic E-state index is -0.603. The first kappa shape index (κ1) is 42.4. The maximum absolute atomic E-state index is 2.79. The van der Waals surface area contributed by atoms with Gasteiger partial charge in [0.1, 0.15) is 0 Å². The van der Waals surface area contributed by atoms with Crippen molar-refractivity contribution in [2.75, 3.05) is 14.7 Å². The second-order valence-electron chi connectivity index (χ2n) is 21.5. The van der Waals surface area contributed by atoms with Gasteiger partial charge in [0, 0.05) is 50.9 Å². The van der Waals surface area contributed by atoms with Crippen LogP contribution in [0.5, 0.6) is 0 Å². The van der Waals surface area contributed by atoms with E-state index in [1.807, 2.05) is 0 Å². The molecule has 0 aromatic heterocycles. The van der Waals surface area contributed by atoms with Gasteiger partial charge < -0.3 is 14.7 Å². The Morgan fingerprint density at radius 2 is 0.808 bits per heavy atom. The molecule has 0 radical (unpaired) electrons. The molecule has 3 nitrogen and oxygen atoms in total. The summed E-state index contributed by atoms with van der Waals surface area (Å²) in [6.45, 7) is 5.12. The quantitative estimate of drug-likeness (QED) is 0.147. The molecule has 1 fully saturated rings. The number of benzene rings is 10. The first-order valence-corrected chi connectivity index (χ1v) is 26.3. The smallest absolute Gasteiger partial charge is 0.253 e. The molecule has 15 rings (SSSR count). The summed E-state index contributed by atoms with van der Waals surface area (Å²) in [6, 6.07) is 91.8. The van der Waals surface area contributed by atoms with Crippen LogP contribution in [-0.2, 0) is 10.8 Å². The van der Waals surface area contributed by atoms with E-state index in [9.17, 15) is 0 Å². The lowest BCUT2D eigenvalue weighted by Gasteiger charge is -2.53. The van der Waals surface area contributed by atoms with Crippen molar-refractivity contribution in [1.29, 1.82) is 0 Å². The molecular formula is C69H54BN3. The summed E-state index contributed by atoms with van der Waals surface area (Å²) in [5.74, 6) is 0. The Balaban J connectivity index is 1.06. The van der Waals surface area contributed by atoms with Gasteiger partial charge in [0.05, 0.1) is 11.0 Å². The fraction of sp³-hybridized carbons (Fsp3) is 0.130. The topological polar surface area (TPSA) is 9.72 Å². The van der Waals surface area contributed by atoms with Crippen LogP contribution < -0.4 is 31.1 Å². The van der Waals surface area contributed by atoms with Gasteiger partial charge in [0.2, 0.25) is 0 Å². The second kappa shape index (κ2) is 15.8. The summed E-state index contributed by atoms with van der Waals surface area (Å²) in [5.41, 5.74) is 24.8. The molecule has 4 heteroatoms. The van der Waals surface area contributed by atoms with Crippen LogP contribution >= 0.6 is 0 Å². The first-order chi connectivity index (χ1) is 36.0. The van der Waals surface area contributed by atoms with Crippen LogP contribution in [-0.4, -0.2) is 12.3 Å². The SMILES string of the molecule is CC12CCCCC1(C)N(c1cc3c4c(c1)N(c1ccc(-c5ccccc5)cc1)c1cccc5c1B4c1c(cccc1C5(c1ccccc1)c1ccccc1)N3c1ccccc1)c1ccc(-c3ccccc3)cc12. The van der Waals surface area contributed by atoms with E-state index in [0.29, 0.717) is 0 Å². The summed E-state index contributed by atoms with van der Waals surface area (Å²) in [6.07, 6.45) is 4.69. The number of nitrogens with zero attached hydrogens (tertiary/aromatic N) is 3. The van der Waals surface area contributed by atoms with E-state index in [2.05, 4.69) is 271 Å². The zero-order chi connectivity index (χ0) is 48.5. The molecule has 10 aromatic rings. The number of hydrogen-bond donors (Lipinski definition) is 0. The minimum Gasteiger partial charge on any atom is -0.334 e. The van der Waals surface area contributed by atoms with E-state index >= 15 is 0 Å². The van der Waals surface area contributed by atoms with Crippen molar-refractivity contribution in [3.63, 3.8) is 0 Å². The van der Waals surface area contributed by atoms with Crippen LogP contribution in [0.4, 0.5) is 45.5 Å². The van der Waals surface area contributed by atoms with E-state index in [1.54, 1.807) is 0 Å². The second-order valence-corrected chi connectivity index (χ2v) is 21.5. The average molecular weight is 936 g/mol. The van der Waals surface area contributed by atoms with E-state index in [1.165, 1.54) is 113 Å². The highest BCUT2D eigenvalue weighted by atomic mass is 15.3. The van der Waals surface area contributed by atoms with Crippen LogP contribution in [0, 0.1) is 0 Å². The Morgan fingerprint density at radius 1 is 0.342 bits per heavy atom. The van der Waals surface area contributed by atoms with Crippen molar-refractivity contribution in [1.82, 2.24) is 0 Å². The summed E-state index contributed by atoms with van der Waals surface area (Å²) >= 11 is 0. The number of fused-ring (bicyclic) bond motifs is 3. The summed E-state index contributed by atoms with van der Waals surface area (Å²) < 4.78 is 0. The monoisotopic (exact) mass is 935 g/mol. The molecule has 10 aromatic carbocycles. The Kier molecular flexibility index (Phi) is 9.19. The van der Waals surface area contributed by atoms with Crippen LogP contribution in [0.15, 0.2) is 243 Å². The van der Waals surface area contributed by atoms with Gasteiger partial charge in [-0.1, -0.05) is 202 Å². The molecule has 0 bridgehead atoms. The molecule has 0 spiro atoms. The molecule has 5 aliphatic rings. The molecule has 1 saturated carbocycles. The highest BCUT2D eigenvalue weighted by molar-refractivity contribution is 7.01. The zero-order valence-corrected chi connectivity index (χ0v) is 41.3. The van der Waals surface area contributed by atoms with Gasteiger partial charge in [0.25, 0.3) is 6.71 Å². The van der Waals surface area contributed by atoms with Crippen LogP contribution in [0.3, 0.4) is 0 Å². The molecule has 2 unspecified atom stereocenters. The molecule has 4 aliphatic heterocycles. The molecule has 4 heterocycles. The van der Waals surface area contributed by atoms with Gasteiger partial charge in [-0.2, -0.15) is 0 Å². The predicted molar refractivity (Wildman–Crippen MR) is 306 cm³/mol. The van der Waals surface area contributed by atoms with Gasteiger partial charge in [-0.15, -0.1) is 0 Å². The van der Waals surface area contributed by atoms with Gasteiger partial charge >= 0.3 is 0 Å². The number of rotatable bonds is 7. The number of anilines is 8. The lowest BCUT2D eigenvalue weighted by atomic mass is 9.28. The van der Waals surface area contributed by atoms with Crippen molar-refractivity contribution in [3.8, 4) is 22.3 Å². The Morgan fingerprint density at radius 3 is 1.37 bits per heavy atom. The van der Waals surface area contributed by atoms with Crippen LogP contribution in [0.1, 0.15) is 67.3 Å². The highest BCUT2D eigenvalue weighted by Gasteiger charge is 2.59. The predicted octanol–water partition coefficient (Wildman–Crippen LogP) is 15.5. The lowest BCUT2D eigenvalue weighted by Crippen LogP contribution is -2.68. The minimum absolute atomic E-state index is 0.0216. The summed E-state index contributed by atoms with van der Waals surface area (Å²) in [4.78, 5) is 8.04. The van der Waals surface area contributed by atoms with Crippen molar-refractivity contribution in [2.45, 2.75) is 55.9 Å². The van der Waals surface area contributed by atoms with Gasteiger partial charge in [-0.3, -0.25) is 0 Å². The third-order valence-corrected chi connectivity index (χ3v) is 18.1. The number of hydrogen-bond acceptors (Lipinski definition) is 3. The molecule has 0 saturated heterocycles. The standard InChI is InChI=1S/C69H54BN3/c1-67-42-18-19-43-68(67,2)73(59-41-38-50(44-58(59)67)48-24-10-4-11-25-48)55-45-62-66-63(46-55)72(54-39-36-49(37-40-54)47-22-8-3-9-23-47)61-35-21-33-57-65(61)70(66)64-56(32-20-34-60(64)71(62)53-30-16-7-17-31-53)69(57,51-26-12-5-13-27-51)52-28-14-6-15-29-52/h3-17,20-41,44-46H,18-19,42-43H2,1-2H3. The maximum Gasteiger partial charge on any atom is 0.253 e. The third kappa shape index (κ3) is 5.78. The normalized spacial score (nSPS) is 19.3. The van der Waals surface area contributed by atoms with E-state index in [-0.39, 0.29) is 17.7 Å². The molecule has 0 N–H and O–H groups in total. The molecule has 2 atom stereocenters. The third-order valence-electron chi connectivity index (χ3n) is 18.1. The van der Waals surface area contributed by atoms with Crippen molar-refractivity contribution >= 4 is 68.6 Å². The molecule has 1 aliphatic carbocycles. The largest absolute Gasteiger partial charge is 0.334 e. The lowest BCUT2D eigenvalue weighted by molar-refractivity contribution is 0.195. The van der Waals surface area contributed by atoms with Gasteiger partial charge in [-0.05, 0) is 147 Å². The fourth-order valence-electron chi connectivity index (χ4n) is 14.7. The maximum atomic E-state index is 2.79. The van der Waals surface area contributed by atoms with Gasteiger partial charge in [0.15, 0.2) is 0 Å². The Bertz CT molecular complexity index is 3750. The van der Waals surface area contributed by atoms with E-state index in [0.717, 1.165) is 24.2 Å². The van der Waals surface area contributed by atoms with Crippen LogP contribution in [0.2, 0.25) is 0 Å². The Labute approximate surface area is 429 Å².